The molecule has 0 atom stereocenters. The lowest BCUT2D eigenvalue weighted by Gasteiger charge is -2.12. The smallest absolute Gasteiger partial charge is 0.150 e. The van der Waals surface area contributed by atoms with E-state index >= 15 is 0 Å². The minimum Gasteiger partial charge on any atom is -0.491 e. The molecular weight excluding hydrogens is 298 g/mol. The third-order valence-electron chi connectivity index (χ3n) is 3.77. The molecule has 0 bridgehead atoms. The van der Waals surface area contributed by atoms with E-state index in [1.807, 2.05) is 56.3 Å². The third-order valence-corrected chi connectivity index (χ3v) is 3.77. The fourth-order valence-corrected chi connectivity index (χ4v) is 2.65. The SMILES string of the molecule is CC(C)Oc1cccc(CNc2ccc3cc(C=O)ccc3c2)c1. The van der Waals surface area contributed by atoms with Gasteiger partial charge in [0, 0.05) is 17.8 Å². The second kappa shape index (κ2) is 7.18. The number of nitrogens with one attached hydrogen (secondary N) is 1. The molecule has 0 saturated carbocycles. The van der Waals surface area contributed by atoms with Crippen LogP contribution in [-0.4, -0.2) is 12.4 Å². The Labute approximate surface area is 142 Å². The summed E-state index contributed by atoms with van der Waals surface area (Å²) >= 11 is 0. The number of hydrogen-bond acceptors (Lipinski definition) is 3. The molecule has 0 radical (unpaired) electrons. The first kappa shape index (κ1) is 16.1. The highest BCUT2D eigenvalue weighted by Crippen LogP contribution is 2.21. The maximum atomic E-state index is 10.8. The highest BCUT2D eigenvalue weighted by molar-refractivity contribution is 5.90. The molecule has 3 rings (SSSR count). The van der Waals surface area contributed by atoms with Crippen molar-refractivity contribution < 1.29 is 9.53 Å². The van der Waals surface area contributed by atoms with Gasteiger partial charge in [-0.05, 0) is 60.5 Å². The molecule has 122 valence electrons. The van der Waals surface area contributed by atoms with Crippen molar-refractivity contribution in [3.8, 4) is 5.75 Å². The Balaban J connectivity index is 1.72. The summed E-state index contributed by atoms with van der Waals surface area (Å²) in [5, 5.41) is 5.62. The van der Waals surface area contributed by atoms with Crippen LogP contribution in [0.2, 0.25) is 0 Å². The molecule has 0 heterocycles. The standard InChI is InChI=1S/C21H21NO2/c1-15(2)24-21-5-3-4-16(11-21)13-22-20-9-8-18-10-17(14-23)6-7-19(18)12-20/h3-12,14-15,22H,13H2,1-2H3. The van der Waals surface area contributed by atoms with Gasteiger partial charge < -0.3 is 10.1 Å². The topological polar surface area (TPSA) is 38.3 Å². The van der Waals surface area contributed by atoms with E-state index in [1.165, 1.54) is 5.56 Å². The molecule has 3 nitrogen and oxygen atoms in total. The normalized spacial score (nSPS) is 10.8. The van der Waals surface area contributed by atoms with Crippen molar-refractivity contribution >= 4 is 22.7 Å². The molecule has 0 aromatic heterocycles. The van der Waals surface area contributed by atoms with Gasteiger partial charge >= 0.3 is 0 Å². The zero-order chi connectivity index (χ0) is 16.9. The quantitative estimate of drug-likeness (QED) is 0.646. The van der Waals surface area contributed by atoms with Gasteiger partial charge in [0.25, 0.3) is 0 Å². The van der Waals surface area contributed by atoms with Crippen LogP contribution in [0.4, 0.5) is 5.69 Å². The monoisotopic (exact) mass is 319 g/mol. The second-order valence-electron chi connectivity index (χ2n) is 6.11. The number of carbonyl (C=O) groups excluding carboxylic acids is 1. The molecule has 1 N–H and O–H groups in total. The van der Waals surface area contributed by atoms with Crippen molar-refractivity contribution in [2.75, 3.05) is 5.32 Å². The number of fused-ring (bicyclic) bond motifs is 1. The van der Waals surface area contributed by atoms with Crippen molar-refractivity contribution in [1.29, 1.82) is 0 Å². The largest absolute Gasteiger partial charge is 0.491 e. The van der Waals surface area contributed by atoms with E-state index in [9.17, 15) is 4.79 Å². The number of aldehydes is 1. The molecule has 0 aliphatic heterocycles. The summed E-state index contributed by atoms with van der Waals surface area (Å²) in [6, 6.07) is 20.0. The lowest BCUT2D eigenvalue weighted by molar-refractivity contribution is 0.112. The fraction of sp³-hybridized carbons (Fsp3) is 0.190. The molecule has 0 spiro atoms. The molecule has 3 aromatic carbocycles. The number of ether oxygens (including phenoxy) is 1. The van der Waals surface area contributed by atoms with E-state index in [2.05, 4.69) is 23.5 Å². The number of hydrogen-bond donors (Lipinski definition) is 1. The van der Waals surface area contributed by atoms with Crippen molar-refractivity contribution in [3.05, 3.63) is 71.8 Å². The summed E-state index contributed by atoms with van der Waals surface area (Å²) in [6.07, 6.45) is 1.04. The van der Waals surface area contributed by atoms with Crippen molar-refractivity contribution in [3.63, 3.8) is 0 Å². The molecule has 0 unspecified atom stereocenters. The summed E-state index contributed by atoms with van der Waals surface area (Å²) < 4.78 is 5.73. The second-order valence-corrected chi connectivity index (χ2v) is 6.11. The van der Waals surface area contributed by atoms with Crippen LogP contribution in [0.25, 0.3) is 10.8 Å². The van der Waals surface area contributed by atoms with Crippen molar-refractivity contribution in [2.45, 2.75) is 26.5 Å². The molecule has 3 heteroatoms. The van der Waals surface area contributed by atoms with Crippen LogP contribution in [-0.2, 0) is 6.54 Å². The summed E-state index contributed by atoms with van der Waals surface area (Å²) in [6.45, 7) is 4.78. The van der Waals surface area contributed by atoms with Crippen LogP contribution in [0.1, 0.15) is 29.8 Å². The molecule has 0 amide bonds. The van der Waals surface area contributed by atoms with Crippen LogP contribution in [0.3, 0.4) is 0 Å². The first-order chi connectivity index (χ1) is 11.6. The number of carbonyl (C=O) groups is 1. The summed E-state index contributed by atoms with van der Waals surface area (Å²) in [5.74, 6) is 0.893. The lowest BCUT2D eigenvalue weighted by atomic mass is 10.1. The highest BCUT2D eigenvalue weighted by Gasteiger charge is 2.01. The van der Waals surface area contributed by atoms with Gasteiger partial charge in [0.2, 0.25) is 0 Å². The van der Waals surface area contributed by atoms with E-state index in [0.29, 0.717) is 5.56 Å². The summed E-state index contributed by atoms with van der Waals surface area (Å²) in [4.78, 5) is 10.8. The van der Waals surface area contributed by atoms with Crippen LogP contribution < -0.4 is 10.1 Å². The van der Waals surface area contributed by atoms with E-state index in [4.69, 9.17) is 4.74 Å². The molecule has 0 aliphatic rings. The van der Waals surface area contributed by atoms with Gasteiger partial charge in [0.1, 0.15) is 12.0 Å². The van der Waals surface area contributed by atoms with Crippen molar-refractivity contribution in [1.82, 2.24) is 0 Å². The Bertz CT molecular complexity index is 855. The zero-order valence-corrected chi connectivity index (χ0v) is 14.0. The van der Waals surface area contributed by atoms with Gasteiger partial charge in [-0.25, -0.2) is 0 Å². The first-order valence-corrected chi connectivity index (χ1v) is 8.12. The maximum absolute atomic E-state index is 10.8. The molecule has 24 heavy (non-hydrogen) atoms. The molecular formula is C21H21NO2. The van der Waals surface area contributed by atoms with E-state index in [0.717, 1.165) is 35.0 Å². The minimum atomic E-state index is 0.171. The summed E-state index contributed by atoms with van der Waals surface area (Å²) in [5.41, 5.74) is 2.92. The predicted octanol–water partition coefficient (Wildman–Crippen LogP) is 5.05. The van der Waals surface area contributed by atoms with E-state index in [1.54, 1.807) is 0 Å². The van der Waals surface area contributed by atoms with Gasteiger partial charge in [-0.1, -0.05) is 30.3 Å². The Hall–Kier alpha value is -2.81. The minimum absolute atomic E-state index is 0.171. The fourth-order valence-electron chi connectivity index (χ4n) is 2.65. The Kier molecular flexibility index (Phi) is 4.80. The van der Waals surface area contributed by atoms with Gasteiger partial charge in [0.05, 0.1) is 6.10 Å². The van der Waals surface area contributed by atoms with Crippen LogP contribution in [0.5, 0.6) is 5.75 Å². The molecule has 0 saturated heterocycles. The Morgan fingerprint density at radius 1 is 1.00 bits per heavy atom. The van der Waals surface area contributed by atoms with Crippen LogP contribution in [0.15, 0.2) is 60.7 Å². The Morgan fingerprint density at radius 3 is 2.58 bits per heavy atom. The number of rotatable bonds is 6. The maximum Gasteiger partial charge on any atom is 0.150 e. The highest BCUT2D eigenvalue weighted by atomic mass is 16.5. The average molecular weight is 319 g/mol. The van der Waals surface area contributed by atoms with E-state index < -0.39 is 0 Å². The van der Waals surface area contributed by atoms with Crippen LogP contribution in [0, 0.1) is 0 Å². The number of benzene rings is 3. The summed E-state index contributed by atoms with van der Waals surface area (Å²) in [7, 11) is 0. The van der Waals surface area contributed by atoms with Gasteiger partial charge in [0.15, 0.2) is 0 Å². The van der Waals surface area contributed by atoms with Crippen LogP contribution >= 0.6 is 0 Å². The average Bonchev–Trinajstić information content (AvgIpc) is 2.59. The van der Waals surface area contributed by atoms with E-state index in [-0.39, 0.29) is 6.10 Å². The van der Waals surface area contributed by atoms with Gasteiger partial charge in [-0.2, -0.15) is 0 Å². The van der Waals surface area contributed by atoms with Gasteiger partial charge in [-0.3, -0.25) is 4.79 Å². The third kappa shape index (κ3) is 3.93. The first-order valence-electron chi connectivity index (χ1n) is 8.12. The molecule has 0 aliphatic carbocycles. The molecule has 3 aromatic rings. The number of anilines is 1. The van der Waals surface area contributed by atoms with Gasteiger partial charge in [-0.15, -0.1) is 0 Å². The van der Waals surface area contributed by atoms with Crippen molar-refractivity contribution in [2.24, 2.45) is 0 Å². The molecule has 0 fully saturated rings. The Morgan fingerprint density at radius 2 is 1.79 bits per heavy atom. The lowest BCUT2D eigenvalue weighted by Crippen LogP contribution is -2.06. The zero-order valence-electron chi connectivity index (χ0n) is 14.0. The predicted molar refractivity (Wildman–Crippen MR) is 98.9 cm³/mol.